The average molecular weight is 394 g/mol. The molecule has 3 N–H and O–H groups in total. The lowest BCUT2D eigenvalue weighted by atomic mass is 10.1. The molecule has 0 saturated carbocycles. The molecular weight excluding hydrogens is 368 g/mol. The zero-order valence-electron chi connectivity index (χ0n) is 17.0. The van der Waals surface area contributed by atoms with E-state index < -0.39 is 0 Å². The molecule has 0 atom stereocenters. The van der Waals surface area contributed by atoms with E-state index in [4.69, 9.17) is 15.5 Å². The number of nitrogens with one attached hydrogen (secondary N) is 1. The molecule has 2 aromatic heterocycles. The van der Waals surface area contributed by atoms with Gasteiger partial charge < -0.3 is 25.6 Å². The summed E-state index contributed by atoms with van der Waals surface area (Å²) >= 11 is 0. The third-order valence-electron chi connectivity index (χ3n) is 5.15. The number of aryl methyl sites for hydroxylation is 1. The van der Waals surface area contributed by atoms with Crippen molar-refractivity contribution in [2.75, 3.05) is 56.3 Å². The molecule has 0 spiro atoms. The van der Waals surface area contributed by atoms with Gasteiger partial charge in [0.05, 0.1) is 6.61 Å². The van der Waals surface area contributed by atoms with Gasteiger partial charge >= 0.3 is 0 Å². The van der Waals surface area contributed by atoms with E-state index >= 15 is 0 Å². The number of anilines is 4. The summed E-state index contributed by atoms with van der Waals surface area (Å²) in [7, 11) is 3.80. The minimum Gasteiger partial charge on any atom is -0.382 e. The van der Waals surface area contributed by atoms with Crippen molar-refractivity contribution >= 4 is 34.3 Å². The second-order valence-electron chi connectivity index (χ2n) is 7.33. The summed E-state index contributed by atoms with van der Waals surface area (Å²) in [6.07, 6.45) is 1.48. The van der Waals surface area contributed by atoms with Gasteiger partial charge in [-0.2, -0.15) is 4.98 Å². The number of ether oxygens (including phenoxy) is 1. The molecule has 3 aromatic rings. The Morgan fingerprint density at radius 3 is 2.66 bits per heavy atom. The fourth-order valence-electron chi connectivity index (χ4n) is 3.38. The fourth-order valence-corrected chi connectivity index (χ4v) is 3.38. The van der Waals surface area contributed by atoms with Gasteiger partial charge in [0.1, 0.15) is 17.4 Å². The first-order valence-electron chi connectivity index (χ1n) is 9.62. The monoisotopic (exact) mass is 394 g/mol. The van der Waals surface area contributed by atoms with Crippen molar-refractivity contribution in [1.29, 1.82) is 0 Å². The van der Waals surface area contributed by atoms with E-state index in [2.05, 4.69) is 49.2 Å². The lowest BCUT2D eigenvalue weighted by Gasteiger charge is -2.32. The van der Waals surface area contributed by atoms with Crippen LogP contribution in [0, 0.1) is 6.92 Å². The van der Waals surface area contributed by atoms with Gasteiger partial charge in [-0.1, -0.05) is 12.1 Å². The predicted octanol–water partition coefficient (Wildman–Crippen LogP) is 1.95. The van der Waals surface area contributed by atoms with E-state index in [1.54, 1.807) is 7.11 Å². The Balaban J connectivity index is 1.72. The highest BCUT2D eigenvalue weighted by Crippen LogP contribution is 2.28. The average Bonchev–Trinajstić information content (AvgIpc) is 2.72. The predicted molar refractivity (Wildman–Crippen MR) is 114 cm³/mol. The van der Waals surface area contributed by atoms with Gasteiger partial charge in [0.25, 0.3) is 0 Å². The van der Waals surface area contributed by atoms with Crippen LogP contribution in [0.2, 0.25) is 0 Å². The topological polar surface area (TPSA) is 105 Å². The molecule has 9 heteroatoms. The molecule has 152 valence electrons. The van der Waals surface area contributed by atoms with Crippen molar-refractivity contribution in [1.82, 2.24) is 24.8 Å². The van der Waals surface area contributed by atoms with Crippen LogP contribution in [0.25, 0.3) is 11.0 Å². The highest BCUT2D eigenvalue weighted by Gasteiger charge is 2.20. The van der Waals surface area contributed by atoms with Crippen molar-refractivity contribution in [3.8, 4) is 0 Å². The highest BCUT2D eigenvalue weighted by atomic mass is 16.5. The lowest BCUT2D eigenvalue weighted by molar-refractivity contribution is 0.185. The Labute approximate surface area is 169 Å². The number of methoxy groups -OCH3 is 1. The SMILES string of the molecule is COCc1ccc(C)c(Nc2ncnc3c(N)nc(N4CCN(C)CC4)nc23)c1. The zero-order chi connectivity index (χ0) is 20.4. The molecule has 1 aliphatic heterocycles. The van der Waals surface area contributed by atoms with Crippen LogP contribution in [-0.4, -0.2) is 65.2 Å². The van der Waals surface area contributed by atoms with Crippen LogP contribution in [0.1, 0.15) is 11.1 Å². The molecule has 0 unspecified atom stereocenters. The van der Waals surface area contributed by atoms with E-state index in [1.807, 2.05) is 13.0 Å². The van der Waals surface area contributed by atoms with Crippen LogP contribution in [0.5, 0.6) is 0 Å². The molecule has 1 saturated heterocycles. The maximum absolute atomic E-state index is 6.22. The normalized spacial score (nSPS) is 15.1. The maximum atomic E-state index is 6.22. The second-order valence-corrected chi connectivity index (χ2v) is 7.33. The zero-order valence-corrected chi connectivity index (χ0v) is 17.0. The van der Waals surface area contributed by atoms with E-state index in [0.717, 1.165) is 43.0 Å². The van der Waals surface area contributed by atoms with Gasteiger partial charge in [-0.15, -0.1) is 0 Å². The number of fused-ring (bicyclic) bond motifs is 1. The van der Waals surface area contributed by atoms with Crippen LogP contribution in [0.15, 0.2) is 24.5 Å². The van der Waals surface area contributed by atoms with Crippen molar-refractivity contribution in [2.24, 2.45) is 0 Å². The van der Waals surface area contributed by atoms with Gasteiger partial charge in [0.2, 0.25) is 5.95 Å². The molecule has 4 rings (SSSR count). The molecule has 9 nitrogen and oxygen atoms in total. The number of piperazine rings is 1. The minimum atomic E-state index is 0.360. The molecular formula is C20H26N8O. The number of nitrogens with zero attached hydrogens (tertiary/aromatic N) is 6. The number of hydrogen-bond acceptors (Lipinski definition) is 9. The van der Waals surface area contributed by atoms with Gasteiger partial charge in [-0.05, 0) is 31.2 Å². The number of aromatic nitrogens is 4. The van der Waals surface area contributed by atoms with Gasteiger partial charge in [0, 0.05) is 39.0 Å². The van der Waals surface area contributed by atoms with Crippen LogP contribution >= 0.6 is 0 Å². The van der Waals surface area contributed by atoms with Gasteiger partial charge in [-0.3, -0.25) is 0 Å². The number of nitrogens with two attached hydrogens (primary N) is 1. The first-order chi connectivity index (χ1) is 14.0. The molecule has 0 radical (unpaired) electrons. The smallest absolute Gasteiger partial charge is 0.228 e. The molecule has 1 fully saturated rings. The number of benzene rings is 1. The largest absolute Gasteiger partial charge is 0.382 e. The Morgan fingerprint density at radius 1 is 1.10 bits per heavy atom. The van der Waals surface area contributed by atoms with Crippen molar-refractivity contribution in [3.63, 3.8) is 0 Å². The molecule has 0 amide bonds. The molecule has 3 heterocycles. The number of nitrogen functional groups attached to an aromatic ring is 1. The first-order valence-corrected chi connectivity index (χ1v) is 9.62. The molecule has 29 heavy (non-hydrogen) atoms. The number of likely N-dealkylation sites (N-methyl/N-ethyl adjacent to an activating group) is 1. The number of hydrogen-bond donors (Lipinski definition) is 2. The molecule has 0 bridgehead atoms. The Bertz CT molecular complexity index is 1020. The van der Waals surface area contributed by atoms with Crippen molar-refractivity contribution in [3.05, 3.63) is 35.7 Å². The Hall–Kier alpha value is -3.04. The van der Waals surface area contributed by atoms with E-state index in [9.17, 15) is 0 Å². The highest BCUT2D eigenvalue weighted by molar-refractivity contribution is 5.93. The summed E-state index contributed by atoms with van der Waals surface area (Å²) in [5, 5.41) is 3.40. The van der Waals surface area contributed by atoms with Gasteiger partial charge in [-0.25, -0.2) is 15.0 Å². The van der Waals surface area contributed by atoms with Crippen LogP contribution in [0.3, 0.4) is 0 Å². The second kappa shape index (κ2) is 8.14. The standard InChI is InChI=1S/C20H26N8O/c1-13-4-5-14(11-29-3)10-15(13)24-19-17-16(22-12-23-19)18(21)26-20(25-17)28-8-6-27(2)7-9-28/h4-5,10,12H,6-9,11H2,1-3H3,(H2,21,25,26)(H,22,23,24). The van der Waals surface area contributed by atoms with Crippen molar-refractivity contribution < 1.29 is 4.74 Å². The fraction of sp³-hybridized carbons (Fsp3) is 0.400. The van der Waals surface area contributed by atoms with Crippen LogP contribution in [-0.2, 0) is 11.3 Å². The quantitative estimate of drug-likeness (QED) is 0.671. The number of rotatable bonds is 5. The summed E-state index contributed by atoms with van der Waals surface area (Å²) in [5.74, 6) is 1.59. The summed E-state index contributed by atoms with van der Waals surface area (Å²) in [6.45, 7) is 6.22. The van der Waals surface area contributed by atoms with Gasteiger partial charge in [0.15, 0.2) is 11.6 Å². The molecule has 1 aliphatic rings. The summed E-state index contributed by atoms with van der Waals surface area (Å²) in [6, 6.07) is 6.16. The van der Waals surface area contributed by atoms with E-state index in [-0.39, 0.29) is 0 Å². The van der Waals surface area contributed by atoms with E-state index in [0.29, 0.717) is 35.2 Å². The Morgan fingerprint density at radius 2 is 1.90 bits per heavy atom. The maximum Gasteiger partial charge on any atom is 0.228 e. The molecule has 1 aromatic carbocycles. The van der Waals surface area contributed by atoms with E-state index in [1.165, 1.54) is 6.33 Å². The minimum absolute atomic E-state index is 0.360. The first kappa shape index (κ1) is 19.3. The van der Waals surface area contributed by atoms with Crippen molar-refractivity contribution in [2.45, 2.75) is 13.5 Å². The summed E-state index contributed by atoms with van der Waals surface area (Å²) in [4.78, 5) is 22.4. The van der Waals surface area contributed by atoms with Crippen LogP contribution in [0.4, 0.5) is 23.3 Å². The Kier molecular flexibility index (Phi) is 5.41. The lowest BCUT2D eigenvalue weighted by Crippen LogP contribution is -2.45. The molecule has 0 aliphatic carbocycles. The van der Waals surface area contributed by atoms with Crippen LogP contribution < -0.4 is 16.0 Å². The summed E-state index contributed by atoms with van der Waals surface area (Å²) < 4.78 is 5.25. The third-order valence-corrected chi connectivity index (χ3v) is 5.15. The summed E-state index contributed by atoms with van der Waals surface area (Å²) in [5.41, 5.74) is 10.5. The third kappa shape index (κ3) is 4.06.